The van der Waals surface area contributed by atoms with Gasteiger partial charge in [0, 0.05) is 24.2 Å². The lowest BCUT2D eigenvalue weighted by Gasteiger charge is -2.54. The topological polar surface area (TPSA) is 53.0 Å². The highest BCUT2D eigenvalue weighted by Crippen LogP contribution is 2.39. The van der Waals surface area contributed by atoms with E-state index >= 15 is 0 Å². The van der Waals surface area contributed by atoms with Gasteiger partial charge >= 0.3 is 6.09 Å². The highest BCUT2D eigenvalue weighted by Gasteiger charge is 2.47. The van der Waals surface area contributed by atoms with Crippen molar-refractivity contribution in [1.29, 1.82) is 0 Å². The minimum Gasteiger partial charge on any atom is -0.465 e. The number of piperidine rings is 1. The van der Waals surface area contributed by atoms with Gasteiger partial charge in [-0.3, -0.25) is 0 Å². The summed E-state index contributed by atoms with van der Waals surface area (Å²) < 4.78 is 0. The Morgan fingerprint density at radius 2 is 1.71 bits per heavy atom. The summed E-state index contributed by atoms with van der Waals surface area (Å²) in [6, 6.07) is 0.0314. The molecular weight excluding hydrogens is 220 g/mol. The van der Waals surface area contributed by atoms with Crippen LogP contribution in [0.25, 0.3) is 0 Å². The lowest BCUT2D eigenvalue weighted by atomic mass is 9.78. The van der Waals surface area contributed by atoms with Gasteiger partial charge in [0.05, 0.1) is 7.11 Å². The van der Waals surface area contributed by atoms with Crippen LogP contribution in [0, 0.1) is 0 Å². The van der Waals surface area contributed by atoms with E-state index in [1.807, 2.05) is 5.06 Å². The second kappa shape index (κ2) is 4.46. The Kier molecular flexibility index (Phi) is 3.74. The molecule has 0 saturated carbocycles. The van der Waals surface area contributed by atoms with Gasteiger partial charge in [0.25, 0.3) is 0 Å². The molecule has 0 aliphatic carbocycles. The molecule has 0 aromatic carbocycles. The Morgan fingerprint density at radius 3 is 2.00 bits per heavy atom. The number of rotatable bonds is 2. The second-order valence-corrected chi connectivity index (χ2v) is 6.06. The minimum absolute atomic E-state index is 0.0314. The van der Waals surface area contributed by atoms with Gasteiger partial charge in [-0.05, 0) is 40.5 Å². The van der Waals surface area contributed by atoms with E-state index in [1.165, 1.54) is 4.90 Å². The molecule has 1 saturated heterocycles. The number of hydroxylamine groups is 2. The summed E-state index contributed by atoms with van der Waals surface area (Å²) in [7, 11) is 3.31. The summed E-state index contributed by atoms with van der Waals surface area (Å²) in [6.45, 7) is 8.33. The molecule has 1 rings (SSSR count). The first-order valence-electron chi connectivity index (χ1n) is 5.92. The smallest absolute Gasteiger partial charge is 0.407 e. The van der Waals surface area contributed by atoms with E-state index in [9.17, 15) is 4.79 Å². The molecule has 0 spiro atoms. The van der Waals surface area contributed by atoms with Gasteiger partial charge in [-0.2, -0.15) is 5.06 Å². The quantitative estimate of drug-likeness (QED) is 0.809. The Bertz CT molecular complexity index is 284. The summed E-state index contributed by atoms with van der Waals surface area (Å²) in [4.78, 5) is 17.9. The van der Waals surface area contributed by atoms with E-state index in [0.29, 0.717) is 0 Å². The van der Waals surface area contributed by atoms with Gasteiger partial charge in [-0.15, -0.1) is 0 Å². The Labute approximate surface area is 103 Å². The zero-order valence-electron chi connectivity index (χ0n) is 11.6. The lowest BCUT2D eigenvalue weighted by molar-refractivity contribution is -0.270. The Morgan fingerprint density at radius 1 is 1.29 bits per heavy atom. The number of nitrogens with zero attached hydrogens (tertiary/aromatic N) is 2. The van der Waals surface area contributed by atoms with Crippen LogP contribution < -0.4 is 0 Å². The molecule has 1 heterocycles. The normalized spacial score (nSPS) is 24.6. The third kappa shape index (κ3) is 2.72. The van der Waals surface area contributed by atoms with Crippen molar-refractivity contribution in [1.82, 2.24) is 9.96 Å². The van der Waals surface area contributed by atoms with Crippen LogP contribution in [-0.4, -0.2) is 52.4 Å². The van der Waals surface area contributed by atoms with Gasteiger partial charge in [0.2, 0.25) is 0 Å². The van der Waals surface area contributed by atoms with Gasteiger partial charge in [0.1, 0.15) is 0 Å². The van der Waals surface area contributed by atoms with Crippen molar-refractivity contribution in [3.8, 4) is 0 Å². The first-order valence-corrected chi connectivity index (χ1v) is 5.92. The first-order chi connectivity index (χ1) is 7.62. The van der Waals surface area contributed by atoms with Gasteiger partial charge in [-0.25, -0.2) is 4.79 Å². The van der Waals surface area contributed by atoms with Crippen LogP contribution in [0.3, 0.4) is 0 Å². The lowest BCUT2D eigenvalue weighted by Crippen LogP contribution is -2.63. The van der Waals surface area contributed by atoms with Crippen LogP contribution >= 0.6 is 0 Å². The number of hydrogen-bond donors (Lipinski definition) is 1. The highest BCUT2D eigenvalue weighted by atomic mass is 16.7. The van der Waals surface area contributed by atoms with Crippen LogP contribution in [0.2, 0.25) is 0 Å². The molecule has 5 nitrogen and oxygen atoms in total. The third-order valence-corrected chi connectivity index (χ3v) is 3.60. The van der Waals surface area contributed by atoms with Crippen molar-refractivity contribution in [2.45, 2.75) is 57.7 Å². The molecule has 100 valence electrons. The summed E-state index contributed by atoms with van der Waals surface area (Å²) in [5.41, 5.74) is -0.351. The second-order valence-electron chi connectivity index (χ2n) is 6.06. The fourth-order valence-electron chi connectivity index (χ4n) is 3.13. The molecule has 1 aliphatic rings. The van der Waals surface area contributed by atoms with Crippen molar-refractivity contribution in [2.24, 2.45) is 0 Å². The van der Waals surface area contributed by atoms with Crippen molar-refractivity contribution >= 4 is 6.09 Å². The van der Waals surface area contributed by atoms with Gasteiger partial charge in [0.15, 0.2) is 0 Å². The molecule has 1 N–H and O–H groups in total. The Hall–Kier alpha value is -0.810. The van der Waals surface area contributed by atoms with Crippen molar-refractivity contribution in [2.75, 3.05) is 14.2 Å². The maximum absolute atomic E-state index is 11.1. The number of hydrogen-bond acceptors (Lipinski definition) is 3. The van der Waals surface area contributed by atoms with Crippen molar-refractivity contribution in [3.63, 3.8) is 0 Å². The van der Waals surface area contributed by atoms with Crippen molar-refractivity contribution in [3.05, 3.63) is 0 Å². The molecule has 1 aliphatic heterocycles. The third-order valence-electron chi connectivity index (χ3n) is 3.60. The molecule has 0 radical (unpaired) electrons. The molecular formula is C12H24N2O3. The van der Waals surface area contributed by atoms with Crippen LogP contribution in [0.1, 0.15) is 40.5 Å². The highest BCUT2D eigenvalue weighted by molar-refractivity contribution is 5.65. The largest absolute Gasteiger partial charge is 0.465 e. The molecule has 1 fully saturated rings. The summed E-state index contributed by atoms with van der Waals surface area (Å²) in [5, 5.41) is 11.1. The average Bonchev–Trinajstić information content (AvgIpc) is 2.13. The molecule has 0 aromatic rings. The number of carbonyl (C=O) groups is 1. The number of carboxylic acid groups (broad SMARTS) is 1. The molecule has 17 heavy (non-hydrogen) atoms. The molecule has 1 amide bonds. The summed E-state index contributed by atoms with van der Waals surface area (Å²) in [5.74, 6) is 0. The Balaban J connectivity index is 2.95. The fraction of sp³-hybridized carbons (Fsp3) is 0.917. The van der Waals surface area contributed by atoms with E-state index < -0.39 is 6.09 Å². The van der Waals surface area contributed by atoms with Crippen molar-refractivity contribution < 1.29 is 14.7 Å². The van der Waals surface area contributed by atoms with Crippen LogP contribution in [0.5, 0.6) is 0 Å². The molecule has 0 aromatic heterocycles. The maximum Gasteiger partial charge on any atom is 0.407 e. The molecule has 0 unspecified atom stereocenters. The van der Waals surface area contributed by atoms with E-state index in [2.05, 4.69) is 27.7 Å². The van der Waals surface area contributed by atoms with Gasteiger partial charge < -0.3 is 14.8 Å². The van der Waals surface area contributed by atoms with E-state index in [4.69, 9.17) is 9.94 Å². The monoisotopic (exact) mass is 244 g/mol. The summed E-state index contributed by atoms with van der Waals surface area (Å²) >= 11 is 0. The van der Waals surface area contributed by atoms with E-state index in [1.54, 1.807) is 14.2 Å². The molecule has 0 bridgehead atoms. The number of amides is 1. The molecule has 0 atom stereocenters. The SMILES string of the molecule is CON1C(C)(C)CC(N(C)C(=O)O)CC1(C)C. The van der Waals surface area contributed by atoms with E-state index in [0.717, 1.165) is 12.8 Å². The predicted molar refractivity (Wildman–Crippen MR) is 65.8 cm³/mol. The van der Waals surface area contributed by atoms with E-state index in [-0.39, 0.29) is 17.1 Å². The zero-order valence-corrected chi connectivity index (χ0v) is 11.6. The maximum atomic E-state index is 11.1. The average molecular weight is 244 g/mol. The first kappa shape index (κ1) is 14.3. The van der Waals surface area contributed by atoms with Crippen LogP contribution in [0.15, 0.2) is 0 Å². The zero-order chi connectivity index (χ0) is 13.4. The summed E-state index contributed by atoms with van der Waals surface area (Å²) in [6.07, 6.45) is 0.674. The van der Waals surface area contributed by atoms with Crippen LogP contribution in [0.4, 0.5) is 4.79 Å². The van der Waals surface area contributed by atoms with Gasteiger partial charge in [-0.1, -0.05) is 0 Å². The van der Waals surface area contributed by atoms with Crippen LogP contribution in [-0.2, 0) is 4.84 Å². The molecule has 5 heteroatoms. The minimum atomic E-state index is -0.868. The fourth-order valence-corrected chi connectivity index (χ4v) is 3.13. The predicted octanol–water partition coefficient (Wildman–Crippen LogP) is 2.18. The standard InChI is InChI=1S/C12H24N2O3/c1-11(2)7-9(13(5)10(15)16)8-12(3,4)14(11)17-6/h9H,7-8H2,1-6H3,(H,15,16).